The molecule has 102 valence electrons. The van der Waals surface area contributed by atoms with E-state index in [0.29, 0.717) is 11.8 Å². The number of aryl methyl sites for hydroxylation is 3. The lowest BCUT2D eigenvalue weighted by atomic mass is 10.1. The van der Waals surface area contributed by atoms with Gasteiger partial charge in [-0.3, -0.25) is 0 Å². The Morgan fingerprint density at radius 1 is 1.26 bits per heavy atom. The highest BCUT2D eigenvalue weighted by molar-refractivity contribution is 5.22. The maximum Gasteiger partial charge on any atom is 0.233 e. The molecule has 0 bridgehead atoms. The van der Waals surface area contributed by atoms with Gasteiger partial charge in [-0.25, -0.2) is 0 Å². The molecule has 0 fully saturated rings. The van der Waals surface area contributed by atoms with E-state index in [9.17, 15) is 0 Å². The fraction of sp³-hybridized carbons (Fsp3) is 0.467. The third-order valence-corrected chi connectivity index (χ3v) is 3.25. The molecule has 0 radical (unpaired) electrons. The molecular formula is C15H21N3O. The first-order chi connectivity index (χ1) is 9.22. The van der Waals surface area contributed by atoms with Crippen molar-refractivity contribution >= 4 is 0 Å². The Balaban J connectivity index is 1.97. The molecule has 1 heterocycles. The van der Waals surface area contributed by atoms with Gasteiger partial charge in [0.05, 0.1) is 6.04 Å². The van der Waals surface area contributed by atoms with Gasteiger partial charge in [-0.15, -0.1) is 10.2 Å². The lowest BCUT2D eigenvalue weighted by molar-refractivity contribution is 0.386. The van der Waals surface area contributed by atoms with Crippen LogP contribution < -0.4 is 5.32 Å². The molecule has 0 saturated heterocycles. The van der Waals surface area contributed by atoms with Crippen molar-refractivity contribution in [3.05, 3.63) is 47.2 Å². The Morgan fingerprint density at radius 2 is 2.11 bits per heavy atom. The van der Waals surface area contributed by atoms with Gasteiger partial charge < -0.3 is 9.73 Å². The van der Waals surface area contributed by atoms with Crippen molar-refractivity contribution in [2.75, 3.05) is 7.05 Å². The molecule has 4 heteroatoms. The molecule has 1 unspecified atom stereocenters. The van der Waals surface area contributed by atoms with Gasteiger partial charge in [-0.2, -0.15) is 0 Å². The highest BCUT2D eigenvalue weighted by atomic mass is 16.4. The molecule has 2 aromatic rings. The molecule has 1 aromatic heterocycles. The van der Waals surface area contributed by atoms with Gasteiger partial charge in [-0.1, -0.05) is 36.8 Å². The van der Waals surface area contributed by atoms with Crippen LogP contribution in [0.1, 0.15) is 42.3 Å². The summed E-state index contributed by atoms with van der Waals surface area (Å²) in [5.41, 5.74) is 2.59. The van der Waals surface area contributed by atoms with Gasteiger partial charge in [0.1, 0.15) is 0 Å². The number of hydrogen-bond acceptors (Lipinski definition) is 4. The zero-order valence-electron chi connectivity index (χ0n) is 11.8. The van der Waals surface area contributed by atoms with Crippen LogP contribution in [-0.4, -0.2) is 17.2 Å². The average molecular weight is 259 g/mol. The topological polar surface area (TPSA) is 51.0 Å². The smallest absolute Gasteiger partial charge is 0.233 e. The van der Waals surface area contributed by atoms with Crippen LogP contribution in [-0.2, 0) is 12.8 Å². The summed E-state index contributed by atoms with van der Waals surface area (Å²) in [6.45, 7) is 4.20. The monoisotopic (exact) mass is 259 g/mol. The summed E-state index contributed by atoms with van der Waals surface area (Å²) in [6, 6.07) is 8.66. The lowest BCUT2D eigenvalue weighted by Crippen LogP contribution is -2.15. The third-order valence-electron chi connectivity index (χ3n) is 3.25. The van der Waals surface area contributed by atoms with Crippen LogP contribution in [0.15, 0.2) is 28.7 Å². The molecule has 1 atom stereocenters. The summed E-state index contributed by atoms with van der Waals surface area (Å²) in [7, 11) is 1.91. The van der Waals surface area contributed by atoms with Crippen molar-refractivity contribution in [1.29, 1.82) is 0 Å². The molecule has 0 saturated carbocycles. The molecule has 2 rings (SSSR count). The van der Waals surface area contributed by atoms with Crippen LogP contribution in [0, 0.1) is 6.92 Å². The van der Waals surface area contributed by atoms with E-state index in [-0.39, 0.29) is 6.04 Å². The largest absolute Gasteiger partial charge is 0.424 e. The fourth-order valence-electron chi connectivity index (χ4n) is 2.13. The van der Waals surface area contributed by atoms with Gasteiger partial charge in [0.25, 0.3) is 0 Å². The minimum atomic E-state index is 0.153. The maximum absolute atomic E-state index is 5.69. The number of rotatable bonds is 6. The molecule has 19 heavy (non-hydrogen) atoms. The summed E-state index contributed by atoms with van der Waals surface area (Å²) in [6.07, 6.45) is 2.66. The van der Waals surface area contributed by atoms with Crippen molar-refractivity contribution in [2.45, 2.75) is 39.2 Å². The van der Waals surface area contributed by atoms with E-state index < -0.39 is 0 Å². The van der Waals surface area contributed by atoms with E-state index >= 15 is 0 Å². The maximum atomic E-state index is 5.69. The SMILES string of the molecule is CCC(NC)c1nnc(CCc2cccc(C)c2)o1. The lowest BCUT2D eigenvalue weighted by Gasteiger charge is -2.07. The van der Waals surface area contributed by atoms with Crippen molar-refractivity contribution in [3.8, 4) is 0 Å². The second-order valence-electron chi connectivity index (χ2n) is 4.77. The second-order valence-corrected chi connectivity index (χ2v) is 4.77. The van der Waals surface area contributed by atoms with E-state index in [1.807, 2.05) is 7.05 Å². The number of aromatic nitrogens is 2. The summed E-state index contributed by atoms with van der Waals surface area (Å²) in [5, 5.41) is 11.4. The highest BCUT2D eigenvalue weighted by Crippen LogP contribution is 2.15. The van der Waals surface area contributed by atoms with Crippen LogP contribution in [0.4, 0.5) is 0 Å². The molecule has 0 amide bonds. The fourth-order valence-corrected chi connectivity index (χ4v) is 2.13. The highest BCUT2D eigenvalue weighted by Gasteiger charge is 2.14. The summed E-state index contributed by atoms with van der Waals surface area (Å²) in [5.74, 6) is 1.40. The van der Waals surface area contributed by atoms with Crippen LogP contribution in [0.2, 0.25) is 0 Å². The standard InChI is InChI=1S/C15H21N3O/c1-4-13(16-3)15-18-17-14(19-15)9-8-12-7-5-6-11(2)10-12/h5-7,10,13,16H,4,8-9H2,1-3H3. The Morgan fingerprint density at radius 3 is 2.79 bits per heavy atom. The Labute approximate surface area is 114 Å². The first kappa shape index (κ1) is 13.7. The molecular weight excluding hydrogens is 238 g/mol. The van der Waals surface area contributed by atoms with Gasteiger partial charge in [-0.05, 0) is 32.4 Å². The van der Waals surface area contributed by atoms with Gasteiger partial charge in [0.15, 0.2) is 0 Å². The minimum absolute atomic E-state index is 0.153. The average Bonchev–Trinajstić information content (AvgIpc) is 2.87. The zero-order valence-corrected chi connectivity index (χ0v) is 11.8. The van der Waals surface area contributed by atoms with Crippen LogP contribution in [0.25, 0.3) is 0 Å². The first-order valence-electron chi connectivity index (χ1n) is 6.78. The van der Waals surface area contributed by atoms with Crippen molar-refractivity contribution < 1.29 is 4.42 Å². The van der Waals surface area contributed by atoms with Gasteiger partial charge in [0.2, 0.25) is 11.8 Å². The second kappa shape index (κ2) is 6.48. The third kappa shape index (κ3) is 3.64. The number of hydrogen-bond donors (Lipinski definition) is 1. The summed E-state index contributed by atoms with van der Waals surface area (Å²) < 4.78 is 5.69. The van der Waals surface area contributed by atoms with E-state index in [2.05, 4.69) is 53.6 Å². The number of nitrogens with zero attached hydrogens (tertiary/aromatic N) is 2. The minimum Gasteiger partial charge on any atom is -0.424 e. The summed E-state index contributed by atoms with van der Waals surface area (Å²) >= 11 is 0. The van der Waals surface area contributed by atoms with E-state index in [1.54, 1.807) is 0 Å². The summed E-state index contributed by atoms with van der Waals surface area (Å²) in [4.78, 5) is 0. The number of benzene rings is 1. The van der Waals surface area contributed by atoms with Crippen molar-refractivity contribution in [3.63, 3.8) is 0 Å². The van der Waals surface area contributed by atoms with E-state index in [4.69, 9.17) is 4.42 Å². The van der Waals surface area contributed by atoms with Gasteiger partial charge in [0, 0.05) is 6.42 Å². The first-order valence-corrected chi connectivity index (χ1v) is 6.78. The molecule has 0 spiro atoms. The predicted octanol–water partition coefficient (Wildman–Crippen LogP) is 2.83. The predicted molar refractivity (Wildman–Crippen MR) is 75.0 cm³/mol. The molecule has 0 aliphatic heterocycles. The molecule has 1 aromatic carbocycles. The Hall–Kier alpha value is -1.68. The van der Waals surface area contributed by atoms with Crippen LogP contribution in [0.3, 0.4) is 0 Å². The van der Waals surface area contributed by atoms with E-state index in [1.165, 1.54) is 11.1 Å². The quantitative estimate of drug-likeness (QED) is 0.866. The molecule has 1 N–H and O–H groups in total. The van der Waals surface area contributed by atoms with Crippen LogP contribution in [0.5, 0.6) is 0 Å². The van der Waals surface area contributed by atoms with Crippen LogP contribution >= 0.6 is 0 Å². The normalized spacial score (nSPS) is 12.6. The zero-order chi connectivity index (χ0) is 13.7. The number of nitrogens with one attached hydrogen (secondary N) is 1. The van der Waals surface area contributed by atoms with Gasteiger partial charge >= 0.3 is 0 Å². The Kier molecular flexibility index (Phi) is 4.68. The Bertz CT molecular complexity index is 518. The van der Waals surface area contributed by atoms with Crippen molar-refractivity contribution in [1.82, 2.24) is 15.5 Å². The molecule has 0 aliphatic rings. The molecule has 4 nitrogen and oxygen atoms in total. The van der Waals surface area contributed by atoms with Crippen molar-refractivity contribution in [2.24, 2.45) is 0 Å². The molecule has 0 aliphatic carbocycles. The van der Waals surface area contributed by atoms with E-state index in [0.717, 1.165) is 19.3 Å².